The Balaban J connectivity index is 4.46. The molecule has 0 aliphatic carbocycles. The Morgan fingerprint density at radius 1 is 0.263 bits per heavy atom. The van der Waals surface area contributed by atoms with Crippen molar-refractivity contribution < 1.29 is 28.6 Å². The van der Waals surface area contributed by atoms with E-state index in [1.807, 2.05) is 0 Å². The summed E-state index contributed by atoms with van der Waals surface area (Å²) in [5.41, 5.74) is 0. The van der Waals surface area contributed by atoms with Crippen LogP contribution in [0.2, 0.25) is 0 Å². The summed E-state index contributed by atoms with van der Waals surface area (Å²) in [6.45, 7) is 6.47. The summed E-state index contributed by atoms with van der Waals surface area (Å²) >= 11 is 0. The number of allylic oxidation sites excluding steroid dienone is 22. The quantitative estimate of drug-likeness (QED) is 0.0261. The number of rotatable bonds is 59. The van der Waals surface area contributed by atoms with E-state index >= 15 is 0 Å². The van der Waals surface area contributed by atoms with Crippen LogP contribution in [-0.4, -0.2) is 37.2 Å². The van der Waals surface area contributed by atoms with Crippen LogP contribution in [0.25, 0.3) is 0 Å². The van der Waals surface area contributed by atoms with Gasteiger partial charge < -0.3 is 14.2 Å². The predicted octanol–water partition coefficient (Wildman–Crippen LogP) is 22.9. The Hall–Kier alpha value is -4.45. The van der Waals surface area contributed by atoms with Crippen LogP contribution >= 0.6 is 0 Å². The molecule has 0 rings (SSSR count). The molecule has 1 atom stereocenters. The van der Waals surface area contributed by atoms with Gasteiger partial charge in [-0.15, -0.1) is 0 Å². The Morgan fingerprint density at radius 2 is 0.487 bits per heavy atom. The minimum atomic E-state index is -0.808. The van der Waals surface area contributed by atoms with E-state index in [1.165, 1.54) is 128 Å². The monoisotopic (exact) mass is 1110 g/mol. The van der Waals surface area contributed by atoms with Crippen molar-refractivity contribution in [3.63, 3.8) is 0 Å². The third-order valence-corrected chi connectivity index (χ3v) is 13.9. The second-order valence-corrected chi connectivity index (χ2v) is 21.6. The summed E-state index contributed by atoms with van der Waals surface area (Å²) < 4.78 is 16.9. The van der Waals surface area contributed by atoms with E-state index in [0.29, 0.717) is 25.7 Å². The molecule has 454 valence electrons. The third kappa shape index (κ3) is 64.4. The summed E-state index contributed by atoms with van der Waals surface area (Å²) in [4.78, 5) is 38.4. The number of hydrogen-bond acceptors (Lipinski definition) is 6. The Kier molecular flexibility index (Phi) is 63.3. The first-order chi connectivity index (χ1) is 39.5. The van der Waals surface area contributed by atoms with E-state index in [9.17, 15) is 14.4 Å². The van der Waals surface area contributed by atoms with Crippen LogP contribution in [0.15, 0.2) is 134 Å². The summed E-state index contributed by atoms with van der Waals surface area (Å²) in [6, 6.07) is 0. The van der Waals surface area contributed by atoms with Crippen LogP contribution in [0.4, 0.5) is 0 Å². The molecule has 0 fully saturated rings. The molecule has 0 radical (unpaired) electrons. The van der Waals surface area contributed by atoms with Crippen molar-refractivity contribution in [1.29, 1.82) is 0 Å². The normalized spacial score (nSPS) is 13.0. The van der Waals surface area contributed by atoms with Gasteiger partial charge in [-0.05, 0) is 141 Å². The molecule has 0 aliphatic heterocycles. The largest absolute Gasteiger partial charge is 0.462 e. The first-order valence-corrected chi connectivity index (χ1v) is 33.2. The number of esters is 3. The molecular weight excluding hydrogens is 985 g/mol. The van der Waals surface area contributed by atoms with E-state index in [2.05, 4.69) is 154 Å². The molecule has 0 aliphatic rings. The lowest BCUT2D eigenvalue weighted by Gasteiger charge is -2.18. The summed E-state index contributed by atoms with van der Waals surface area (Å²) in [7, 11) is 0. The van der Waals surface area contributed by atoms with Crippen molar-refractivity contribution in [2.45, 2.75) is 303 Å². The molecule has 0 amide bonds. The molecule has 0 bridgehead atoms. The van der Waals surface area contributed by atoms with Crippen molar-refractivity contribution in [2.75, 3.05) is 13.2 Å². The molecule has 0 N–H and O–H groups in total. The maximum absolute atomic E-state index is 12.9. The number of hydrogen-bond donors (Lipinski definition) is 0. The van der Waals surface area contributed by atoms with Gasteiger partial charge >= 0.3 is 17.9 Å². The predicted molar refractivity (Wildman–Crippen MR) is 348 cm³/mol. The molecule has 0 aromatic rings. The molecule has 0 heterocycles. The zero-order chi connectivity index (χ0) is 57.8. The van der Waals surface area contributed by atoms with Gasteiger partial charge in [0.25, 0.3) is 0 Å². The van der Waals surface area contributed by atoms with Gasteiger partial charge in [0, 0.05) is 19.3 Å². The molecule has 0 aromatic carbocycles. The number of carbonyl (C=O) groups is 3. The van der Waals surface area contributed by atoms with E-state index in [0.717, 1.165) is 122 Å². The molecule has 0 aromatic heterocycles. The van der Waals surface area contributed by atoms with Crippen molar-refractivity contribution >= 4 is 17.9 Å². The van der Waals surface area contributed by atoms with Crippen molar-refractivity contribution in [3.8, 4) is 0 Å². The summed E-state index contributed by atoms with van der Waals surface area (Å²) in [5, 5.41) is 0. The Morgan fingerprint density at radius 3 is 0.800 bits per heavy atom. The Bertz CT molecular complexity index is 1700. The lowest BCUT2D eigenvalue weighted by Crippen LogP contribution is -2.30. The van der Waals surface area contributed by atoms with Crippen LogP contribution in [0.5, 0.6) is 0 Å². The van der Waals surface area contributed by atoms with E-state index < -0.39 is 6.10 Å². The molecule has 0 saturated carbocycles. The van der Waals surface area contributed by atoms with Crippen LogP contribution in [0, 0.1) is 0 Å². The fourth-order valence-electron chi connectivity index (χ4n) is 8.89. The third-order valence-electron chi connectivity index (χ3n) is 13.9. The van der Waals surface area contributed by atoms with E-state index in [4.69, 9.17) is 14.2 Å². The highest BCUT2D eigenvalue weighted by Crippen LogP contribution is 2.15. The number of unbranched alkanes of at least 4 members (excludes halogenated alkanes) is 26. The summed E-state index contributed by atoms with van der Waals surface area (Å²) in [6.07, 6.45) is 94.6. The lowest BCUT2D eigenvalue weighted by atomic mass is 10.1. The molecule has 0 spiro atoms. The minimum Gasteiger partial charge on any atom is -0.462 e. The van der Waals surface area contributed by atoms with Crippen LogP contribution in [0.1, 0.15) is 297 Å². The van der Waals surface area contributed by atoms with Gasteiger partial charge in [-0.2, -0.15) is 0 Å². The molecule has 6 nitrogen and oxygen atoms in total. The second-order valence-electron chi connectivity index (χ2n) is 21.6. The average Bonchev–Trinajstić information content (AvgIpc) is 3.46. The number of ether oxygens (including phenoxy) is 3. The van der Waals surface area contributed by atoms with Gasteiger partial charge in [-0.25, -0.2) is 0 Å². The first-order valence-electron chi connectivity index (χ1n) is 33.2. The minimum absolute atomic E-state index is 0.101. The van der Waals surface area contributed by atoms with E-state index in [1.54, 1.807) is 0 Å². The van der Waals surface area contributed by atoms with Crippen LogP contribution < -0.4 is 0 Å². The van der Waals surface area contributed by atoms with Crippen molar-refractivity contribution in [1.82, 2.24) is 0 Å². The van der Waals surface area contributed by atoms with Gasteiger partial charge in [0.1, 0.15) is 13.2 Å². The summed E-state index contributed by atoms with van der Waals surface area (Å²) in [5.74, 6) is -0.955. The molecule has 0 saturated heterocycles. The zero-order valence-corrected chi connectivity index (χ0v) is 52.0. The topological polar surface area (TPSA) is 78.9 Å². The molecule has 1 unspecified atom stereocenters. The highest BCUT2D eigenvalue weighted by Gasteiger charge is 2.19. The second kappa shape index (κ2) is 67.1. The fraction of sp³-hybridized carbons (Fsp3) is 0.662. The standard InChI is InChI=1S/C74H122O6/c1-4-7-10-13-16-19-22-25-28-30-32-34-35-36-37-38-39-41-42-44-46-49-52-55-58-61-64-67-73(76)79-70-71(69-78-72(75)66-63-60-57-54-51-48-27-24-21-18-15-12-9-6-3)80-74(77)68-65-62-59-56-53-50-47-45-43-40-33-31-29-26-23-20-17-14-11-8-5-2/h7,10,16,19,23-28,31-34,36-37,39,41,44,46,52,55,71H,4-6,8-9,11-15,17-18,20-22,29-30,35,38,40,42-43,45,47-51,53-54,56-70H2,1-3H3/b10-7-,19-16-,26-23-,27-24-,28-25-,33-31-,34-32-,37-36-,41-39-,46-44-,55-52-. The molecule has 80 heavy (non-hydrogen) atoms. The molecule has 6 heteroatoms. The lowest BCUT2D eigenvalue weighted by molar-refractivity contribution is -0.167. The average molecular weight is 1110 g/mol. The van der Waals surface area contributed by atoms with Gasteiger partial charge in [0.2, 0.25) is 0 Å². The maximum Gasteiger partial charge on any atom is 0.306 e. The SMILES string of the molecule is CC/C=C\C/C=C\C/C=C\C/C=C\C/C=C\C/C=C\C/C=C\C/C=C\CCCCC(=O)OCC(COC(=O)CCCCCCC/C=C\CCCCCCC)OC(=O)CCCCCCCCCCC/C=C\C/C=C\CCCCCCC. The van der Waals surface area contributed by atoms with Crippen LogP contribution in [-0.2, 0) is 28.6 Å². The van der Waals surface area contributed by atoms with E-state index in [-0.39, 0.29) is 31.1 Å². The fourth-order valence-corrected chi connectivity index (χ4v) is 8.89. The van der Waals surface area contributed by atoms with Crippen molar-refractivity contribution in [2.24, 2.45) is 0 Å². The van der Waals surface area contributed by atoms with Gasteiger partial charge in [0.15, 0.2) is 6.10 Å². The molecular formula is C74H122O6. The Labute approximate surface area is 494 Å². The van der Waals surface area contributed by atoms with Gasteiger partial charge in [-0.3, -0.25) is 14.4 Å². The number of carbonyl (C=O) groups excluding carboxylic acids is 3. The van der Waals surface area contributed by atoms with Gasteiger partial charge in [0.05, 0.1) is 0 Å². The zero-order valence-electron chi connectivity index (χ0n) is 52.0. The highest BCUT2D eigenvalue weighted by molar-refractivity contribution is 5.71. The van der Waals surface area contributed by atoms with Crippen LogP contribution in [0.3, 0.4) is 0 Å². The maximum atomic E-state index is 12.9. The van der Waals surface area contributed by atoms with Gasteiger partial charge in [-0.1, -0.05) is 270 Å². The first kappa shape index (κ1) is 75.5. The smallest absolute Gasteiger partial charge is 0.306 e. The van der Waals surface area contributed by atoms with Crippen molar-refractivity contribution in [3.05, 3.63) is 134 Å². The highest BCUT2D eigenvalue weighted by atomic mass is 16.6.